The van der Waals surface area contributed by atoms with Gasteiger partial charge in [0.1, 0.15) is 0 Å². The van der Waals surface area contributed by atoms with Gasteiger partial charge in [-0.2, -0.15) is 0 Å². The van der Waals surface area contributed by atoms with Gasteiger partial charge in [0, 0.05) is 42.4 Å². The lowest BCUT2D eigenvalue weighted by Crippen LogP contribution is -2.33. The number of hydrogen-bond donors (Lipinski definition) is 2. The minimum Gasteiger partial charge on any atom is -0.352 e. The van der Waals surface area contributed by atoms with Crippen molar-refractivity contribution in [1.29, 1.82) is 0 Å². The minimum absolute atomic E-state index is 0.0452. The van der Waals surface area contributed by atoms with Gasteiger partial charge in [-0.05, 0) is 92.6 Å². The molecule has 1 saturated heterocycles. The highest BCUT2D eigenvalue weighted by Gasteiger charge is 2.41. The number of aryl methyl sites for hydroxylation is 3. The Balaban J connectivity index is 1.44. The highest BCUT2D eigenvalue weighted by molar-refractivity contribution is 7.80. The first-order valence-electron chi connectivity index (χ1n) is 12.5. The fraction of sp³-hybridized carbons (Fsp3) is 0.233. The van der Waals surface area contributed by atoms with Gasteiger partial charge in [-0.25, -0.2) is 0 Å². The summed E-state index contributed by atoms with van der Waals surface area (Å²) >= 11 is 5.81. The van der Waals surface area contributed by atoms with Gasteiger partial charge < -0.3 is 20.1 Å². The van der Waals surface area contributed by atoms with Crippen molar-refractivity contribution in [3.63, 3.8) is 0 Å². The van der Waals surface area contributed by atoms with Crippen molar-refractivity contribution in [2.45, 2.75) is 39.3 Å². The average Bonchev–Trinajstić information content (AvgIpc) is 3.50. The zero-order valence-electron chi connectivity index (χ0n) is 21.3. The first kappa shape index (κ1) is 24.7. The van der Waals surface area contributed by atoms with Crippen LogP contribution in [0.1, 0.15) is 46.6 Å². The van der Waals surface area contributed by atoms with Gasteiger partial charge in [0.25, 0.3) is 0 Å². The molecule has 4 aromatic rings. The summed E-state index contributed by atoms with van der Waals surface area (Å²) in [6.45, 7) is 6.76. The van der Waals surface area contributed by atoms with Crippen molar-refractivity contribution < 1.29 is 4.79 Å². The smallest absolute Gasteiger partial charge is 0.226 e. The van der Waals surface area contributed by atoms with Gasteiger partial charge in [0.15, 0.2) is 5.11 Å². The molecular weight excluding hydrogens is 478 g/mol. The Kier molecular flexibility index (Phi) is 7.06. The van der Waals surface area contributed by atoms with E-state index in [1.807, 2.05) is 49.4 Å². The lowest BCUT2D eigenvalue weighted by molar-refractivity contribution is -0.116. The van der Waals surface area contributed by atoms with Gasteiger partial charge >= 0.3 is 0 Å². The zero-order valence-corrected chi connectivity index (χ0v) is 22.1. The van der Waals surface area contributed by atoms with Crippen molar-refractivity contribution in [3.8, 4) is 5.69 Å². The molecule has 0 saturated carbocycles. The number of anilines is 1. The fourth-order valence-electron chi connectivity index (χ4n) is 4.80. The molecule has 188 valence electrons. The van der Waals surface area contributed by atoms with Gasteiger partial charge in [0.05, 0.1) is 17.8 Å². The Morgan fingerprint density at radius 1 is 1.00 bits per heavy atom. The van der Waals surface area contributed by atoms with E-state index in [0.717, 1.165) is 28.3 Å². The quantitative estimate of drug-likeness (QED) is 0.309. The number of rotatable bonds is 7. The SMILES string of the molecule is Cc1ccc(NC(=O)CCN2C(=S)NC(c3ccccn3)C2c2cccn2-c2ccc(C)c(C)c2)cc1. The maximum absolute atomic E-state index is 12.8. The second-order valence-electron chi connectivity index (χ2n) is 9.56. The zero-order chi connectivity index (χ0) is 25.9. The van der Waals surface area contributed by atoms with Crippen LogP contribution in [0.3, 0.4) is 0 Å². The minimum atomic E-state index is -0.144. The Labute approximate surface area is 223 Å². The van der Waals surface area contributed by atoms with Crippen molar-refractivity contribution in [2.75, 3.05) is 11.9 Å². The van der Waals surface area contributed by atoms with Crippen LogP contribution in [0.15, 0.2) is 85.2 Å². The van der Waals surface area contributed by atoms with Gasteiger partial charge in [-0.3, -0.25) is 9.78 Å². The Hall–Kier alpha value is -3.97. The number of pyridine rings is 1. The van der Waals surface area contributed by atoms with Crippen LogP contribution in [0.4, 0.5) is 5.69 Å². The summed E-state index contributed by atoms with van der Waals surface area (Å²) in [7, 11) is 0. The van der Waals surface area contributed by atoms with E-state index in [-0.39, 0.29) is 18.0 Å². The van der Waals surface area contributed by atoms with E-state index in [9.17, 15) is 4.79 Å². The third-order valence-electron chi connectivity index (χ3n) is 6.96. The monoisotopic (exact) mass is 509 g/mol. The molecular formula is C30H31N5OS. The van der Waals surface area contributed by atoms with E-state index in [1.165, 1.54) is 11.1 Å². The van der Waals surface area contributed by atoms with Gasteiger partial charge in [0.2, 0.25) is 5.91 Å². The predicted molar refractivity (Wildman–Crippen MR) is 152 cm³/mol. The van der Waals surface area contributed by atoms with Gasteiger partial charge in [-0.15, -0.1) is 0 Å². The number of nitrogens with zero attached hydrogens (tertiary/aromatic N) is 3. The molecule has 0 radical (unpaired) electrons. The number of aromatic nitrogens is 2. The number of carbonyl (C=O) groups excluding carboxylic acids is 1. The Morgan fingerprint density at radius 3 is 2.54 bits per heavy atom. The topological polar surface area (TPSA) is 62.2 Å². The van der Waals surface area contributed by atoms with Crippen LogP contribution < -0.4 is 10.6 Å². The number of nitrogens with one attached hydrogen (secondary N) is 2. The second kappa shape index (κ2) is 10.6. The number of amides is 1. The molecule has 2 unspecified atom stereocenters. The largest absolute Gasteiger partial charge is 0.352 e. The van der Waals surface area contributed by atoms with Crippen LogP contribution in [-0.4, -0.2) is 32.0 Å². The molecule has 2 N–H and O–H groups in total. The summed E-state index contributed by atoms with van der Waals surface area (Å²) in [4.78, 5) is 19.6. The first-order valence-corrected chi connectivity index (χ1v) is 12.9. The lowest BCUT2D eigenvalue weighted by Gasteiger charge is -2.29. The highest BCUT2D eigenvalue weighted by Crippen LogP contribution is 2.39. The summed E-state index contributed by atoms with van der Waals surface area (Å²) in [6, 6.07) is 24.1. The maximum atomic E-state index is 12.8. The van der Waals surface area contributed by atoms with Crippen LogP contribution in [-0.2, 0) is 4.79 Å². The molecule has 5 rings (SSSR count). The number of carbonyl (C=O) groups is 1. The molecule has 2 atom stereocenters. The van der Waals surface area contributed by atoms with E-state index in [0.29, 0.717) is 18.1 Å². The Morgan fingerprint density at radius 2 is 1.81 bits per heavy atom. The van der Waals surface area contributed by atoms with Crippen molar-refractivity contribution in [1.82, 2.24) is 19.8 Å². The predicted octanol–water partition coefficient (Wildman–Crippen LogP) is 5.80. The molecule has 1 amide bonds. The summed E-state index contributed by atoms with van der Waals surface area (Å²) in [5.74, 6) is -0.0452. The molecule has 2 aromatic carbocycles. The summed E-state index contributed by atoms with van der Waals surface area (Å²) in [5.41, 5.74) is 7.54. The molecule has 2 aromatic heterocycles. The normalized spacial score (nSPS) is 17.1. The maximum Gasteiger partial charge on any atom is 0.226 e. The van der Waals surface area contributed by atoms with Crippen molar-refractivity contribution in [2.24, 2.45) is 0 Å². The van der Waals surface area contributed by atoms with Crippen molar-refractivity contribution in [3.05, 3.63) is 113 Å². The van der Waals surface area contributed by atoms with Crippen LogP contribution >= 0.6 is 12.2 Å². The molecule has 0 spiro atoms. The molecule has 1 aliphatic rings. The van der Waals surface area contributed by atoms with Crippen LogP contribution in [0.5, 0.6) is 0 Å². The van der Waals surface area contributed by atoms with Crippen LogP contribution in [0.2, 0.25) is 0 Å². The molecule has 0 aliphatic carbocycles. The second-order valence-corrected chi connectivity index (χ2v) is 9.94. The summed E-state index contributed by atoms with van der Waals surface area (Å²) in [5, 5.41) is 7.11. The molecule has 1 aliphatic heterocycles. The van der Waals surface area contributed by atoms with Crippen LogP contribution in [0, 0.1) is 20.8 Å². The van der Waals surface area contributed by atoms with Crippen LogP contribution in [0.25, 0.3) is 5.69 Å². The Bertz CT molecular complexity index is 1410. The molecule has 3 heterocycles. The molecule has 37 heavy (non-hydrogen) atoms. The number of benzene rings is 2. The van der Waals surface area contributed by atoms with E-state index in [1.54, 1.807) is 6.20 Å². The summed E-state index contributed by atoms with van der Waals surface area (Å²) < 4.78 is 2.21. The molecule has 0 bridgehead atoms. The summed E-state index contributed by atoms with van der Waals surface area (Å²) in [6.07, 6.45) is 4.20. The third kappa shape index (κ3) is 5.27. The van der Waals surface area contributed by atoms with E-state index < -0.39 is 0 Å². The van der Waals surface area contributed by atoms with E-state index in [4.69, 9.17) is 12.2 Å². The average molecular weight is 510 g/mol. The molecule has 6 nitrogen and oxygen atoms in total. The first-order chi connectivity index (χ1) is 17.9. The fourth-order valence-corrected chi connectivity index (χ4v) is 5.13. The van der Waals surface area contributed by atoms with Crippen molar-refractivity contribution >= 4 is 28.9 Å². The van der Waals surface area contributed by atoms with Gasteiger partial charge in [-0.1, -0.05) is 29.8 Å². The highest BCUT2D eigenvalue weighted by atomic mass is 32.1. The number of hydrogen-bond acceptors (Lipinski definition) is 3. The number of thiocarbonyl (C=S) groups is 1. The third-order valence-corrected chi connectivity index (χ3v) is 7.32. The van der Waals surface area contributed by atoms with E-state index >= 15 is 0 Å². The standard InChI is InChI=1S/C30H31N5OS/c1-20-9-12-23(13-10-20)32-27(36)15-18-35-29(28(33-30(35)37)25-7-4-5-16-31-25)26-8-6-17-34(26)24-14-11-21(2)22(3)19-24/h4-14,16-17,19,28-29H,15,18H2,1-3H3,(H,32,36)(H,33,37). The lowest BCUT2D eigenvalue weighted by atomic mass is 10.0. The molecule has 7 heteroatoms. The van der Waals surface area contributed by atoms with E-state index in [2.05, 4.69) is 75.5 Å². The molecule has 1 fully saturated rings.